The van der Waals surface area contributed by atoms with E-state index in [1.54, 1.807) is 0 Å². The second kappa shape index (κ2) is 6.02. The van der Waals surface area contributed by atoms with Crippen molar-refractivity contribution in [2.24, 2.45) is 0 Å². The van der Waals surface area contributed by atoms with Crippen LogP contribution in [0.3, 0.4) is 0 Å². The Hall–Kier alpha value is -1.61. The van der Waals surface area contributed by atoms with Gasteiger partial charge in [-0.05, 0) is 23.3 Å². The first-order chi connectivity index (χ1) is 10.1. The van der Waals surface area contributed by atoms with Crippen LogP contribution < -0.4 is 4.74 Å². The Labute approximate surface area is 133 Å². The van der Waals surface area contributed by atoms with Crippen molar-refractivity contribution in [3.63, 3.8) is 0 Å². The summed E-state index contributed by atoms with van der Waals surface area (Å²) in [5, 5.41) is 0. The highest BCUT2D eigenvalue weighted by Gasteiger charge is 2.22. The summed E-state index contributed by atoms with van der Waals surface area (Å²) in [7, 11) is 0. The molecule has 1 heterocycles. The number of Topliss-reactive ketones (excluding diaryl/α,β-unsaturated/α-hetero) is 1. The van der Waals surface area contributed by atoms with Crippen molar-refractivity contribution in [3.8, 4) is 5.75 Å². The molecule has 1 aliphatic heterocycles. The number of carbonyl (C=O) groups is 1. The average molecular weight is 345 g/mol. The zero-order valence-electron chi connectivity index (χ0n) is 11.9. The van der Waals surface area contributed by atoms with Gasteiger partial charge in [-0.2, -0.15) is 0 Å². The number of ether oxygens (including phenoxy) is 1. The lowest BCUT2D eigenvalue weighted by molar-refractivity contribution is -0.119. The molecule has 2 aromatic rings. The first kappa shape index (κ1) is 14.3. The van der Waals surface area contributed by atoms with Crippen molar-refractivity contribution in [3.05, 3.63) is 63.6 Å². The first-order valence-corrected chi connectivity index (χ1v) is 7.96. The standard InChI is InChI=1S/C18H17BrO2/c1-12(13-5-3-2-4-6-13)17(20)11-15-10-16(19)9-14-7-8-21-18(14)15/h2-6,9-10,12H,7-8,11H2,1H3. The van der Waals surface area contributed by atoms with Gasteiger partial charge < -0.3 is 4.74 Å². The van der Waals surface area contributed by atoms with Crippen molar-refractivity contribution in [1.29, 1.82) is 0 Å². The van der Waals surface area contributed by atoms with Crippen LogP contribution in [0.1, 0.15) is 29.5 Å². The van der Waals surface area contributed by atoms with Crippen LogP contribution in [-0.2, 0) is 17.6 Å². The van der Waals surface area contributed by atoms with E-state index in [9.17, 15) is 4.79 Å². The molecule has 108 valence electrons. The molecular formula is C18H17BrO2. The highest BCUT2D eigenvalue weighted by Crippen LogP contribution is 2.34. The van der Waals surface area contributed by atoms with Gasteiger partial charge in [-0.25, -0.2) is 0 Å². The van der Waals surface area contributed by atoms with Crippen LogP contribution >= 0.6 is 15.9 Å². The van der Waals surface area contributed by atoms with Crippen molar-refractivity contribution in [1.82, 2.24) is 0 Å². The molecule has 1 unspecified atom stereocenters. The molecule has 0 aliphatic carbocycles. The molecule has 3 heteroatoms. The Kier molecular flexibility index (Phi) is 4.11. The van der Waals surface area contributed by atoms with Crippen molar-refractivity contribution >= 4 is 21.7 Å². The Balaban J connectivity index is 1.83. The van der Waals surface area contributed by atoms with Crippen LogP contribution in [0.5, 0.6) is 5.75 Å². The fourth-order valence-electron chi connectivity index (χ4n) is 2.75. The van der Waals surface area contributed by atoms with Crippen LogP contribution in [0.15, 0.2) is 46.9 Å². The van der Waals surface area contributed by atoms with E-state index in [0.717, 1.165) is 27.8 Å². The van der Waals surface area contributed by atoms with Crippen LogP contribution in [0.25, 0.3) is 0 Å². The SMILES string of the molecule is CC(C(=O)Cc1cc(Br)cc2c1OCC2)c1ccccc1. The molecule has 0 spiro atoms. The smallest absolute Gasteiger partial charge is 0.144 e. The molecule has 1 aliphatic rings. The van der Waals surface area contributed by atoms with E-state index in [0.29, 0.717) is 13.0 Å². The zero-order valence-corrected chi connectivity index (χ0v) is 13.5. The Bertz CT molecular complexity index is 664. The monoisotopic (exact) mass is 344 g/mol. The third kappa shape index (κ3) is 3.03. The molecule has 0 amide bonds. The molecule has 0 saturated carbocycles. The van der Waals surface area contributed by atoms with Gasteiger partial charge in [0.05, 0.1) is 6.61 Å². The lowest BCUT2D eigenvalue weighted by atomic mass is 9.92. The van der Waals surface area contributed by atoms with Gasteiger partial charge in [0.2, 0.25) is 0 Å². The topological polar surface area (TPSA) is 26.3 Å². The molecule has 2 aromatic carbocycles. The summed E-state index contributed by atoms with van der Waals surface area (Å²) in [6.07, 6.45) is 1.34. The molecule has 0 saturated heterocycles. The predicted octanol–water partition coefficient (Wildman–Crippen LogP) is 4.30. The molecule has 2 nitrogen and oxygen atoms in total. The molecule has 0 radical (unpaired) electrons. The number of fused-ring (bicyclic) bond motifs is 1. The number of rotatable bonds is 4. The maximum atomic E-state index is 12.6. The minimum Gasteiger partial charge on any atom is -0.493 e. The minimum absolute atomic E-state index is 0.0952. The summed E-state index contributed by atoms with van der Waals surface area (Å²) < 4.78 is 6.71. The Morgan fingerprint density at radius 1 is 1.29 bits per heavy atom. The summed E-state index contributed by atoms with van der Waals surface area (Å²) in [6.45, 7) is 2.68. The van der Waals surface area contributed by atoms with Crippen molar-refractivity contribution in [2.45, 2.75) is 25.7 Å². The van der Waals surface area contributed by atoms with Gasteiger partial charge in [-0.1, -0.05) is 53.2 Å². The predicted molar refractivity (Wildman–Crippen MR) is 86.9 cm³/mol. The zero-order chi connectivity index (χ0) is 14.8. The van der Waals surface area contributed by atoms with Gasteiger partial charge in [-0.3, -0.25) is 4.79 Å². The normalized spacial score (nSPS) is 14.4. The third-order valence-corrected chi connectivity index (χ3v) is 4.43. The third-order valence-electron chi connectivity index (χ3n) is 3.97. The average Bonchev–Trinajstić information content (AvgIpc) is 2.95. The second-order valence-corrected chi connectivity index (χ2v) is 6.34. The van der Waals surface area contributed by atoms with E-state index in [2.05, 4.69) is 22.0 Å². The van der Waals surface area contributed by atoms with E-state index in [1.807, 2.05) is 43.3 Å². The molecule has 0 aromatic heterocycles. The largest absolute Gasteiger partial charge is 0.493 e. The van der Waals surface area contributed by atoms with Gasteiger partial charge in [0.25, 0.3) is 0 Å². The van der Waals surface area contributed by atoms with E-state index in [-0.39, 0.29) is 11.7 Å². The quantitative estimate of drug-likeness (QED) is 0.826. The van der Waals surface area contributed by atoms with E-state index < -0.39 is 0 Å². The molecule has 0 bridgehead atoms. The van der Waals surface area contributed by atoms with Crippen LogP contribution in [0, 0.1) is 0 Å². The summed E-state index contributed by atoms with van der Waals surface area (Å²) in [6, 6.07) is 14.0. The molecule has 1 atom stereocenters. The molecule has 0 N–H and O–H groups in total. The maximum absolute atomic E-state index is 12.6. The highest BCUT2D eigenvalue weighted by atomic mass is 79.9. The summed E-state index contributed by atoms with van der Waals surface area (Å²) >= 11 is 3.52. The van der Waals surface area contributed by atoms with Crippen molar-refractivity contribution in [2.75, 3.05) is 6.61 Å². The van der Waals surface area contributed by atoms with Gasteiger partial charge in [0.1, 0.15) is 11.5 Å². The number of carbonyl (C=O) groups excluding carboxylic acids is 1. The van der Waals surface area contributed by atoms with Gasteiger partial charge in [0.15, 0.2) is 0 Å². The molecule has 21 heavy (non-hydrogen) atoms. The second-order valence-electron chi connectivity index (χ2n) is 5.43. The molecule has 3 rings (SSSR count). The van der Waals surface area contributed by atoms with Crippen molar-refractivity contribution < 1.29 is 9.53 Å². The van der Waals surface area contributed by atoms with Gasteiger partial charge in [0, 0.05) is 28.8 Å². The number of benzene rings is 2. The minimum atomic E-state index is -0.0952. The summed E-state index contributed by atoms with van der Waals surface area (Å²) in [5.74, 6) is 1.03. The maximum Gasteiger partial charge on any atom is 0.144 e. The number of hydrogen-bond acceptors (Lipinski definition) is 2. The van der Waals surface area contributed by atoms with E-state index in [4.69, 9.17) is 4.74 Å². The lowest BCUT2D eigenvalue weighted by Crippen LogP contribution is -2.12. The van der Waals surface area contributed by atoms with Gasteiger partial charge >= 0.3 is 0 Å². The van der Waals surface area contributed by atoms with E-state index in [1.165, 1.54) is 5.56 Å². The number of halogens is 1. The fraction of sp³-hybridized carbons (Fsp3) is 0.278. The summed E-state index contributed by atoms with van der Waals surface area (Å²) in [4.78, 5) is 12.6. The Morgan fingerprint density at radius 3 is 2.81 bits per heavy atom. The number of ketones is 1. The van der Waals surface area contributed by atoms with E-state index >= 15 is 0 Å². The lowest BCUT2D eigenvalue weighted by Gasteiger charge is -2.13. The van der Waals surface area contributed by atoms with Crippen LogP contribution in [0.2, 0.25) is 0 Å². The summed E-state index contributed by atoms with van der Waals surface area (Å²) in [5.41, 5.74) is 3.25. The fourth-order valence-corrected chi connectivity index (χ4v) is 3.30. The van der Waals surface area contributed by atoms with Crippen LogP contribution in [-0.4, -0.2) is 12.4 Å². The highest BCUT2D eigenvalue weighted by molar-refractivity contribution is 9.10. The first-order valence-electron chi connectivity index (χ1n) is 7.17. The van der Waals surface area contributed by atoms with Gasteiger partial charge in [-0.15, -0.1) is 0 Å². The molecule has 0 fully saturated rings. The molecular weight excluding hydrogens is 328 g/mol. The van der Waals surface area contributed by atoms with Crippen LogP contribution in [0.4, 0.5) is 0 Å². The number of hydrogen-bond donors (Lipinski definition) is 0. The Morgan fingerprint density at radius 2 is 2.05 bits per heavy atom.